The van der Waals surface area contributed by atoms with E-state index in [-0.39, 0.29) is 11.9 Å². The van der Waals surface area contributed by atoms with Crippen LogP contribution in [0.15, 0.2) is 30.9 Å². The number of benzene rings is 1. The minimum atomic E-state index is -0.337. The van der Waals surface area contributed by atoms with Gasteiger partial charge in [0, 0.05) is 35.9 Å². The van der Waals surface area contributed by atoms with Gasteiger partial charge in [0.25, 0.3) is 0 Å². The van der Waals surface area contributed by atoms with E-state index in [0.717, 1.165) is 41.3 Å². The summed E-state index contributed by atoms with van der Waals surface area (Å²) in [6, 6.07) is 4.43. The summed E-state index contributed by atoms with van der Waals surface area (Å²) in [5, 5.41) is 0.416. The normalized spacial score (nSPS) is 17.9. The molecule has 3 heterocycles. The maximum absolute atomic E-state index is 13.5. The fourth-order valence-electron chi connectivity index (χ4n) is 3.30. The highest BCUT2D eigenvalue weighted by molar-refractivity contribution is 6.31. The molecule has 1 atom stereocenters. The number of aromatic nitrogens is 4. The second-order valence-electron chi connectivity index (χ2n) is 6.03. The number of nitrogens with zero attached hydrogens (tertiary/aromatic N) is 3. The molecule has 0 radical (unpaired) electrons. The van der Waals surface area contributed by atoms with E-state index in [1.165, 1.54) is 12.1 Å². The molecule has 24 heavy (non-hydrogen) atoms. The number of imidazole rings is 2. The lowest BCUT2D eigenvalue weighted by Crippen LogP contribution is -2.36. The quantitative estimate of drug-likeness (QED) is 0.765. The third-order valence-corrected chi connectivity index (χ3v) is 4.90. The van der Waals surface area contributed by atoms with E-state index in [2.05, 4.69) is 24.8 Å². The standard InChI is InChI=1S/C17H17ClFN5/c1-10-15(22-8-20-10)7-24-5-4-14-16(23-9-21-14)17(24)12-3-2-11(19)6-13(12)18/h2-3,6,8-9,17H,4-5,7H2,1H3,(H,20,22)(H,21,23)/t17-/m0/s1. The van der Waals surface area contributed by atoms with Gasteiger partial charge in [-0.25, -0.2) is 14.4 Å². The van der Waals surface area contributed by atoms with Gasteiger partial charge in [-0.3, -0.25) is 4.90 Å². The van der Waals surface area contributed by atoms with Crippen LogP contribution >= 0.6 is 11.6 Å². The average molecular weight is 346 g/mol. The molecule has 0 spiro atoms. The number of H-pyrrole nitrogens is 2. The van der Waals surface area contributed by atoms with Crippen LogP contribution in [0.3, 0.4) is 0 Å². The second kappa shape index (κ2) is 6.03. The van der Waals surface area contributed by atoms with Gasteiger partial charge in [0.05, 0.1) is 30.1 Å². The van der Waals surface area contributed by atoms with Gasteiger partial charge < -0.3 is 9.97 Å². The van der Waals surface area contributed by atoms with Crippen molar-refractivity contribution in [2.75, 3.05) is 6.54 Å². The van der Waals surface area contributed by atoms with Crippen LogP contribution in [-0.4, -0.2) is 31.4 Å². The van der Waals surface area contributed by atoms with Crippen molar-refractivity contribution in [3.8, 4) is 0 Å². The Morgan fingerprint density at radius 3 is 2.88 bits per heavy atom. The van der Waals surface area contributed by atoms with E-state index in [0.29, 0.717) is 11.6 Å². The van der Waals surface area contributed by atoms with Crippen LogP contribution in [0.1, 0.15) is 34.4 Å². The van der Waals surface area contributed by atoms with Crippen molar-refractivity contribution >= 4 is 11.6 Å². The molecule has 5 nitrogen and oxygen atoms in total. The fourth-order valence-corrected chi connectivity index (χ4v) is 3.57. The number of nitrogens with one attached hydrogen (secondary N) is 2. The maximum Gasteiger partial charge on any atom is 0.124 e. The van der Waals surface area contributed by atoms with Crippen molar-refractivity contribution in [3.63, 3.8) is 0 Å². The Morgan fingerprint density at radius 2 is 2.12 bits per heavy atom. The number of aromatic amines is 2. The molecule has 0 aliphatic carbocycles. The number of aryl methyl sites for hydroxylation is 1. The summed E-state index contributed by atoms with van der Waals surface area (Å²) in [5.41, 5.74) is 4.96. The Kier molecular flexibility index (Phi) is 3.86. The smallest absolute Gasteiger partial charge is 0.124 e. The van der Waals surface area contributed by atoms with Crippen LogP contribution < -0.4 is 0 Å². The molecular weight excluding hydrogens is 329 g/mol. The number of halogens is 2. The van der Waals surface area contributed by atoms with Crippen molar-refractivity contribution < 1.29 is 4.39 Å². The molecule has 124 valence electrons. The zero-order chi connectivity index (χ0) is 16.7. The molecule has 2 aromatic heterocycles. The van der Waals surface area contributed by atoms with Crippen molar-refractivity contribution in [2.24, 2.45) is 0 Å². The van der Waals surface area contributed by atoms with Gasteiger partial charge >= 0.3 is 0 Å². The SMILES string of the molecule is Cc1[nH]cnc1CN1CCc2[nH]cnc2[C@@H]1c1ccc(F)cc1Cl. The van der Waals surface area contributed by atoms with Crippen LogP contribution in [0.25, 0.3) is 0 Å². The van der Waals surface area contributed by atoms with Crippen molar-refractivity contribution in [1.29, 1.82) is 0 Å². The average Bonchev–Trinajstić information content (AvgIpc) is 3.17. The predicted molar refractivity (Wildman–Crippen MR) is 89.3 cm³/mol. The third-order valence-electron chi connectivity index (χ3n) is 4.57. The molecule has 0 amide bonds. The molecule has 2 N–H and O–H groups in total. The lowest BCUT2D eigenvalue weighted by molar-refractivity contribution is 0.198. The molecule has 7 heteroatoms. The number of rotatable bonds is 3. The van der Waals surface area contributed by atoms with E-state index in [4.69, 9.17) is 11.6 Å². The van der Waals surface area contributed by atoms with E-state index in [1.807, 2.05) is 6.92 Å². The fraction of sp³-hybridized carbons (Fsp3) is 0.294. The number of fused-ring (bicyclic) bond motifs is 1. The topological polar surface area (TPSA) is 60.6 Å². The van der Waals surface area contributed by atoms with Gasteiger partial charge in [0.1, 0.15) is 5.82 Å². The van der Waals surface area contributed by atoms with E-state index in [9.17, 15) is 4.39 Å². The van der Waals surface area contributed by atoms with Crippen molar-refractivity contribution in [3.05, 3.63) is 70.0 Å². The van der Waals surface area contributed by atoms with Gasteiger partial charge in [0.2, 0.25) is 0 Å². The second-order valence-corrected chi connectivity index (χ2v) is 6.44. The van der Waals surface area contributed by atoms with Crippen molar-refractivity contribution in [2.45, 2.75) is 25.9 Å². The van der Waals surface area contributed by atoms with Crippen LogP contribution in [0, 0.1) is 12.7 Å². The Bertz CT molecular complexity index is 872. The molecule has 0 unspecified atom stereocenters. The third kappa shape index (κ3) is 2.61. The molecule has 4 rings (SSSR count). The largest absolute Gasteiger partial charge is 0.348 e. The lowest BCUT2D eigenvalue weighted by Gasteiger charge is -2.35. The van der Waals surface area contributed by atoms with Crippen LogP contribution in [0.2, 0.25) is 5.02 Å². The molecule has 1 aromatic carbocycles. The van der Waals surface area contributed by atoms with Crippen molar-refractivity contribution in [1.82, 2.24) is 24.8 Å². The summed E-state index contributed by atoms with van der Waals surface area (Å²) in [6.45, 7) is 3.53. The van der Waals surface area contributed by atoms with E-state index in [1.54, 1.807) is 18.7 Å². The first-order chi connectivity index (χ1) is 11.6. The van der Waals surface area contributed by atoms with Gasteiger partial charge in [0.15, 0.2) is 0 Å². The summed E-state index contributed by atoms with van der Waals surface area (Å²) in [7, 11) is 0. The van der Waals surface area contributed by atoms with Crippen LogP contribution in [0.4, 0.5) is 4.39 Å². The van der Waals surface area contributed by atoms with Gasteiger partial charge in [-0.2, -0.15) is 0 Å². The Labute approximate surface area is 143 Å². The zero-order valence-corrected chi connectivity index (χ0v) is 13.9. The highest BCUT2D eigenvalue weighted by Gasteiger charge is 2.32. The first-order valence-electron chi connectivity index (χ1n) is 7.83. The summed E-state index contributed by atoms with van der Waals surface area (Å²) in [5.74, 6) is -0.337. The summed E-state index contributed by atoms with van der Waals surface area (Å²) < 4.78 is 13.5. The first-order valence-corrected chi connectivity index (χ1v) is 8.21. The monoisotopic (exact) mass is 345 g/mol. The molecule has 1 aliphatic rings. The minimum Gasteiger partial charge on any atom is -0.348 e. The Morgan fingerprint density at radius 1 is 1.29 bits per heavy atom. The molecular formula is C17H17ClFN5. The van der Waals surface area contributed by atoms with Crippen LogP contribution in [0.5, 0.6) is 0 Å². The highest BCUT2D eigenvalue weighted by atomic mass is 35.5. The molecule has 0 saturated heterocycles. The first kappa shape index (κ1) is 15.4. The zero-order valence-electron chi connectivity index (χ0n) is 13.2. The minimum absolute atomic E-state index is 0.121. The number of hydrogen-bond donors (Lipinski definition) is 2. The number of hydrogen-bond acceptors (Lipinski definition) is 3. The maximum atomic E-state index is 13.5. The lowest BCUT2D eigenvalue weighted by atomic mass is 9.95. The Hall–Kier alpha value is -2.18. The Balaban J connectivity index is 1.77. The molecule has 0 saturated carbocycles. The molecule has 0 bridgehead atoms. The predicted octanol–water partition coefficient (Wildman–Crippen LogP) is 3.38. The molecule has 1 aliphatic heterocycles. The van der Waals surface area contributed by atoms with Crippen LogP contribution in [-0.2, 0) is 13.0 Å². The van der Waals surface area contributed by atoms with Gasteiger partial charge in [-0.1, -0.05) is 17.7 Å². The summed E-state index contributed by atoms with van der Waals surface area (Å²) in [6.07, 6.45) is 4.29. The highest BCUT2D eigenvalue weighted by Crippen LogP contribution is 2.37. The van der Waals surface area contributed by atoms with Gasteiger partial charge in [-0.15, -0.1) is 0 Å². The van der Waals surface area contributed by atoms with E-state index < -0.39 is 0 Å². The van der Waals surface area contributed by atoms with Gasteiger partial charge in [-0.05, 0) is 24.6 Å². The molecule has 3 aromatic rings. The molecule has 0 fully saturated rings. The van der Waals surface area contributed by atoms with E-state index >= 15 is 0 Å². The summed E-state index contributed by atoms with van der Waals surface area (Å²) in [4.78, 5) is 17.5. The summed E-state index contributed by atoms with van der Waals surface area (Å²) >= 11 is 6.35.